The van der Waals surface area contributed by atoms with Gasteiger partial charge in [-0.05, 0) is 42.3 Å². The number of fused-ring (bicyclic) bond motifs is 3. The lowest BCUT2D eigenvalue weighted by Crippen LogP contribution is -2.20. The van der Waals surface area contributed by atoms with Crippen molar-refractivity contribution in [3.8, 4) is 16.8 Å². The molecule has 5 aromatic rings. The van der Waals surface area contributed by atoms with Gasteiger partial charge in [-0.15, -0.1) is 10.2 Å². The molecule has 0 amide bonds. The van der Waals surface area contributed by atoms with Gasteiger partial charge >= 0.3 is 0 Å². The normalized spacial score (nSPS) is 11.4. The van der Waals surface area contributed by atoms with Crippen LogP contribution in [-0.2, 0) is 6.42 Å². The maximum absolute atomic E-state index is 13.1. The van der Waals surface area contributed by atoms with Crippen LogP contribution in [0.4, 0.5) is 0 Å². The first-order chi connectivity index (χ1) is 14.2. The van der Waals surface area contributed by atoms with E-state index in [1.807, 2.05) is 60.7 Å². The summed E-state index contributed by atoms with van der Waals surface area (Å²) in [5, 5.41) is 13.4. The average Bonchev–Trinajstić information content (AvgIpc) is 3.14. The third kappa shape index (κ3) is 2.86. The van der Waals surface area contributed by atoms with Gasteiger partial charge in [-0.25, -0.2) is 4.52 Å². The third-order valence-corrected chi connectivity index (χ3v) is 5.48. The summed E-state index contributed by atoms with van der Waals surface area (Å²) in [7, 11) is 0. The summed E-state index contributed by atoms with van der Waals surface area (Å²) < 4.78 is 4.25. The molecule has 7 heteroatoms. The summed E-state index contributed by atoms with van der Waals surface area (Å²) in [6.07, 6.45) is 2.51. The third-order valence-electron chi connectivity index (χ3n) is 4.95. The quantitative estimate of drug-likeness (QED) is 0.412. The molecule has 3 aromatic heterocycles. The number of hydrogen-bond acceptors (Lipinski definition) is 4. The molecular weight excluding hydrogens is 430 g/mol. The molecule has 142 valence electrons. The molecule has 0 aliphatic carbocycles. The highest BCUT2D eigenvalue weighted by molar-refractivity contribution is 9.10. The van der Waals surface area contributed by atoms with Gasteiger partial charge < -0.3 is 0 Å². The molecule has 0 atom stereocenters. The number of aryl methyl sites for hydroxylation is 1. The second-order valence-electron chi connectivity index (χ2n) is 6.68. The average molecular weight is 446 g/mol. The van der Waals surface area contributed by atoms with Crippen LogP contribution in [0, 0.1) is 0 Å². The minimum absolute atomic E-state index is 0.228. The Kier molecular flexibility index (Phi) is 4.24. The lowest BCUT2D eigenvalue weighted by molar-refractivity contribution is 0.886. The second kappa shape index (κ2) is 6.93. The van der Waals surface area contributed by atoms with Crippen LogP contribution in [0.15, 0.2) is 76.1 Å². The highest BCUT2D eigenvalue weighted by atomic mass is 79.9. The second-order valence-corrected chi connectivity index (χ2v) is 7.59. The number of halogens is 1. The molecule has 0 saturated heterocycles. The Bertz CT molecular complexity index is 1410. The fraction of sp³-hybridized carbons (Fsp3) is 0.0909. The maximum Gasteiger partial charge on any atom is 0.285 e. The smallest absolute Gasteiger partial charge is 0.282 e. The van der Waals surface area contributed by atoms with Gasteiger partial charge in [-0.3, -0.25) is 9.36 Å². The van der Waals surface area contributed by atoms with Gasteiger partial charge in [0.15, 0.2) is 11.2 Å². The van der Waals surface area contributed by atoms with Gasteiger partial charge in [-0.1, -0.05) is 53.2 Å². The zero-order valence-electron chi connectivity index (χ0n) is 15.6. The first-order valence-electron chi connectivity index (χ1n) is 9.28. The lowest BCUT2D eigenvalue weighted by atomic mass is 10.0. The Labute approximate surface area is 174 Å². The molecule has 0 N–H and O–H groups in total. The lowest BCUT2D eigenvalue weighted by Gasteiger charge is -2.07. The molecule has 2 aromatic carbocycles. The Balaban J connectivity index is 1.78. The molecule has 0 saturated carbocycles. The Morgan fingerprint density at radius 1 is 0.966 bits per heavy atom. The van der Waals surface area contributed by atoms with E-state index in [-0.39, 0.29) is 11.1 Å². The largest absolute Gasteiger partial charge is 0.285 e. The number of pyridine rings is 1. The molecule has 3 heterocycles. The van der Waals surface area contributed by atoms with Crippen molar-refractivity contribution >= 4 is 32.6 Å². The van der Waals surface area contributed by atoms with Gasteiger partial charge in [0, 0.05) is 16.4 Å². The van der Waals surface area contributed by atoms with Crippen molar-refractivity contribution in [2.24, 2.45) is 0 Å². The van der Waals surface area contributed by atoms with Crippen LogP contribution in [0.1, 0.15) is 12.6 Å². The highest BCUT2D eigenvalue weighted by Crippen LogP contribution is 2.28. The van der Waals surface area contributed by atoms with E-state index in [0.717, 1.165) is 33.4 Å². The number of benzene rings is 2. The van der Waals surface area contributed by atoms with Crippen molar-refractivity contribution in [1.82, 2.24) is 24.4 Å². The van der Waals surface area contributed by atoms with Crippen molar-refractivity contribution in [3.05, 3.63) is 87.4 Å². The van der Waals surface area contributed by atoms with Crippen LogP contribution in [0.2, 0.25) is 0 Å². The number of rotatable bonds is 3. The summed E-state index contributed by atoms with van der Waals surface area (Å²) in [5.74, 6) is 0. The van der Waals surface area contributed by atoms with Crippen LogP contribution in [-0.4, -0.2) is 24.4 Å². The predicted molar refractivity (Wildman–Crippen MR) is 116 cm³/mol. The topological polar surface area (TPSA) is 65.1 Å². The summed E-state index contributed by atoms with van der Waals surface area (Å²) >= 11 is 3.42. The van der Waals surface area contributed by atoms with E-state index in [2.05, 4.69) is 33.1 Å². The van der Waals surface area contributed by atoms with E-state index in [1.165, 1.54) is 0 Å². The standard InChI is InChI=1S/C22H16BrN5O/c1-2-17-19(14-6-4-3-5-7-14)21-25-24-20-18(28(21)26-17)12-13-27(22(20)29)16-10-8-15(23)9-11-16/h3-13H,2H2,1H3. The van der Waals surface area contributed by atoms with E-state index in [4.69, 9.17) is 5.10 Å². The minimum atomic E-state index is -0.228. The molecule has 0 aliphatic heterocycles. The van der Waals surface area contributed by atoms with Crippen molar-refractivity contribution in [2.45, 2.75) is 13.3 Å². The first kappa shape index (κ1) is 17.8. The summed E-state index contributed by atoms with van der Waals surface area (Å²) in [4.78, 5) is 13.1. The van der Waals surface area contributed by atoms with Crippen molar-refractivity contribution in [1.29, 1.82) is 0 Å². The molecule has 29 heavy (non-hydrogen) atoms. The van der Waals surface area contributed by atoms with Gasteiger partial charge in [0.05, 0.1) is 11.3 Å². The van der Waals surface area contributed by atoms with Crippen LogP contribution in [0.5, 0.6) is 0 Å². The molecule has 5 rings (SSSR count). The summed E-state index contributed by atoms with van der Waals surface area (Å²) in [6.45, 7) is 2.06. The maximum atomic E-state index is 13.1. The highest BCUT2D eigenvalue weighted by Gasteiger charge is 2.18. The van der Waals surface area contributed by atoms with E-state index in [9.17, 15) is 4.79 Å². The zero-order chi connectivity index (χ0) is 20.0. The van der Waals surface area contributed by atoms with Crippen molar-refractivity contribution in [3.63, 3.8) is 0 Å². The van der Waals surface area contributed by atoms with E-state index in [0.29, 0.717) is 11.2 Å². The first-order valence-corrected chi connectivity index (χ1v) is 10.1. The van der Waals surface area contributed by atoms with Gasteiger partial charge in [-0.2, -0.15) is 5.10 Å². The van der Waals surface area contributed by atoms with Gasteiger partial charge in [0.1, 0.15) is 5.52 Å². The number of hydrogen-bond donors (Lipinski definition) is 0. The summed E-state index contributed by atoms with van der Waals surface area (Å²) in [6, 6.07) is 19.4. The van der Waals surface area contributed by atoms with Gasteiger partial charge in [0.25, 0.3) is 5.56 Å². The fourth-order valence-corrected chi connectivity index (χ4v) is 3.81. The molecule has 0 bridgehead atoms. The Morgan fingerprint density at radius 2 is 1.72 bits per heavy atom. The molecule has 0 unspecified atom stereocenters. The molecule has 0 aliphatic rings. The monoisotopic (exact) mass is 445 g/mol. The molecular formula is C22H16BrN5O. The van der Waals surface area contributed by atoms with Crippen LogP contribution < -0.4 is 5.56 Å². The van der Waals surface area contributed by atoms with E-state index >= 15 is 0 Å². The van der Waals surface area contributed by atoms with Crippen LogP contribution in [0.3, 0.4) is 0 Å². The molecule has 0 radical (unpaired) electrons. The Hall–Kier alpha value is -3.32. The van der Waals surface area contributed by atoms with Gasteiger partial charge in [0.2, 0.25) is 0 Å². The number of nitrogens with zero attached hydrogens (tertiary/aromatic N) is 5. The Morgan fingerprint density at radius 3 is 2.45 bits per heavy atom. The van der Waals surface area contributed by atoms with E-state index in [1.54, 1.807) is 15.3 Å². The molecule has 6 nitrogen and oxygen atoms in total. The van der Waals surface area contributed by atoms with Crippen LogP contribution in [0.25, 0.3) is 33.5 Å². The minimum Gasteiger partial charge on any atom is -0.282 e. The van der Waals surface area contributed by atoms with Crippen molar-refractivity contribution < 1.29 is 0 Å². The predicted octanol–water partition coefficient (Wildman–Crippen LogP) is 4.42. The molecule has 0 fully saturated rings. The number of aromatic nitrogens is 5. The van der Waals surface area contributed by atoms with Crippen molar-refractivity contribution in [2.75, 3.05) is 0 Å². The van der Waals surface area contributed by atoms with Crippen LogP contribution >= 0.6 is 15.9 Å². The molecule has 0 spiro atoms. The van der Waals surface area contributed by atoms with E-state index < -0.39 is 0 Å². The fourth-order valence-electron chi connectivity index (χ4n) is 3.54. The SMILES string of the molecule is CCc1nn2c(nnc3c(=O)n(-c4ccc(Br)cc4)ccc32)c1-c1ccccc1. The summed E-state index contributed by atoms with van der Waals surface area (Å²) in [5.41, 5.74) is 5.04. The zero-order valence-corrected chi connectivity index (χ0v) is 17.2.